The minimum absolute atomic E-state index is 0.196. The number of nitrogens with zero attached hydrogens (tertiary/aromatic N) is 1. The van der Waals surface area contributed by atoms with Crippen LogP contribution < -0.4 is 0 Å². The van der Waals surface area contributed by atoms with Gasteiger partial charge >= 0.3 is 12.1 Å². The van der Waals surface area contributed by atoms with E-state index in [-0.39, 0.29) is 10.5 Å². The molecule has 0 saturated carbocycles. The molecule has 5 nitrogen and oxygen atoms in total. The third-order valence-electron chi connectivity index (χ3n) is 4.65. The van der Waals surface area contributed by atoms with E-state index in [2.05, 4.69) is 0 Å². The predicted octanol–water partition coefficient (Wildman–Crippen LogP) is 2.70. The zero-order valence-electron chi connectivity index (χ0n) is 11.9. The number of quaternary nitrogens is 1. The summed E-state index contributed by atoms with van der Waals surface area (Å²) in [5.41, 5.74) is -1.88. The lowest BCUT2D eigenvalue weighted by Crippen LogP contribution is -2.76. The van der Waals surface area contributed by atoms with Crippen LogP contribution in [0.15, 0.2) is 0 Å². The molecule has 1 aliphatic heterocycles. The third kappa shape index (κ3) is 1.49. The summed E-state index contributed by atoms with van der Waals surface area (Å²) < 4.78 is -0.383. The van der Waals surface area contributed by atoms with Gasteiger partial charge in [0.25, 0.3) is 0 Å². The van der Waals surface area contributed by atoms with Crippen molar-refractivity contribution in [2.45, 2.75) is 71.0 Å². The molecular formula is C13H24NO4+. The Labute approximate surface area is 108 Å². The van der Waals surface area contributed by atoms with E-state index in [1.807, 2.05) is 27.7 Å². The number of aliphatic carboxylic acids is 1. The fourth-order valence-corrected chi connectivity index (χ4v) is 4.04. The molecule has 0 aromatic heterocycles. The Kier molecular flexibility index (Phi) is 3.51. The maximum absolute atomic E-state index is 12.0. The molecule has 0 aliphatic carbocycles. The molecule has 104 valence electrons. The molecule has 18 heavy (non-hydrogen) atoms. The number of rotatable bonds is 2. The number of likely N-dealkylation sites (tertiary alicyclic amines) is 1. The number of hydrogen-bond donors (Lipinski definition) is 2. The van der Waals surface area contributed by atoms with Gasteiger partial charge in [-0.3, -0.25) is 0 Å². The molecule has 2 N–H and O–H groups in total. The van der Waals surface area contributed by atoms with E-state index >= 15 is 0 Å². The van der Waals surface area contributed by atoms with Crippen LogP contribution in [0.3, 0.4) is 0 Å². The average molecular weight is 258 g/mol. The standard InChI is InChI=1S/C13H23NO4/c1-6-13(10(15)16)8-7-9(2)14(13,11(17)18)12(3,4)5/h9H,6-8H2,1-5H3,(H-,15,16,17,18)/p+1/t9?,13-,14?/m0/s1. The van der Waals surface area contributed by atoms with Crippen LogP contribution in [0.2, 0.25) is 0 Å². The van der Waals surface area contributed by atoms with Gasteiger partial charge in [0.1, 0.15) is 5.54 Å². The molecule has 1 fully saturated rings. The van der Waals surface area contributed by atoms with Gasteiger partial charge < -0.3 is 10.2 Å². The van der Waals surface area contributed by atoms with Gasteiger partial charge in [-0.15, -0.1) is 0 Å². The number of carbonyl (C=O) groups is 2. The van der Waals surface area contributed by atoms with Gasteiger partial charge in [0.15, 0.2) is 0 Å². The first kappa shape index (κ1) is 15.0. The van der Waals surface area contributed by atoms with Crippen molar-refractivity contribution in [3.63, 3.8) is 0 Å². The Hall–Kier alpha value is -1.10. The van der Waals surface area contributed by atoms with Crippen molar-refractivity contribution in [1.29, 1.82) is 0 Å². The van der Waals surface area contributed by atoms with Crippen LogP contribution in [0.1, 0.15) is 53.9 Å². The molecule has 5 heteroatoms. The van der Waals surface area contributed by atoms with Crippen molar-refractivity contribution in [3.05, 3.63) is 0 Å². The first-order valence-corrected chi connectivity index (χ1v) is 6.43. The zero-order chi connectivity index (χ0) is 14.4. The smallest absolute Gasteiger partial charge is 0.477 e. The number of carboxylic acid groups (broad SMARTS) is 2. The highest BCUT2D eigenvalue weighted by Gasteiger charge is 2.71. The van der Waals surface area contributed by atoms with E-state index in [1.165, 1.54) is 0 Å². The highest BCUT2D eigenvalue weighted by Crippen LogP contribution is 2.50. The van der Waals surface area contributed by atoms with Crippen molar-refractivity contribution in [1.82, 2.24) is 0 Å². The lowest BCUT2D eigenvalue weighted by molar-refractivity contribution is -0.949. The second-order valence-corrected chi connectivity index (χ2v) is 6.25. The second-order valence-electron chi connectivity index (χ2n) is 6.25. The number of carboxylic acids is 1. The van der Waals surface area contributed by atoms with Crippen LogP contribution in [0.5, 0.6) is 0 Å². The minimum Gasteiger partial charge on any atom is -0.477 e. The van der Waals surface area contributed by atoms with E-state index in [0.717, 1.165) is 0 Å². The monoisotopic (exact) mass is 258 g/mol. The molecule has 0 spiro atoms. The summed E-state index contributed by atoms with van der Waals surface area (Å²) in [7, 11) is 0. The van der Waals surface area contributed by atoms with Crippen LogP contribution in [0.25, 0.3) is 0 Å². The van der Waals surface area contributed by atoms with Gasteiger partial charge in [0.05, 0.1) is 6.04 Å². The molecule has 0 bridgehead atoms. The second kappa shape index (κ2) is 4.23. The highest BCUT2D eigenvalue weighted by atomic mass is 16.4. The van der Waals surface area contributed by atoms with E-state index in [9.17, 15) is 19.8 Å². The molecular weight excluding hydrogens is 234 g/mol. The van der Waals surface area contributed by atoms with Crippen molar-refractivity contribution in [2.24, 2.45) is 0 Å². The van der Waals surface area contributed by atoms with Crippen molar-refractivity contribution in [3.8, 4) is 0 Å². The molecule has 0 aromatic carbocycles. The maximum atomic E-state index is 12.0. The van der Waals surface area contributed by atoms with Gasteiger partial charge in [0, 0.05) is 19.3 Å². The van der Waals surface area contributed by atoms with Gasteiger partial charge in [-0.25, -0.2) is 9.28 Å². The maximum Gasteiger partial charge on any atom is 0.515 e. The molecule has 1 aliphatic rings. The topological polar surface area (TPSA) is 74.6 Å². The Balaban J connectivity index is 3.62. The van der Waals surface area contributed by atoms with Crippen molar-refractivity contribution in [2.75, 3.05) is 0 Å². The van der Waals surface area contributed by atoms with Crippen LogP contribution in [0.4, 0.5) is 4.79 Å². The largest absolute Gasteiger partial charge is 0.515 e. The summed E-state index contributed by atoms with van der Waals surface area (Å²) >= 11 is 0. The Morgan fingerprint density at radius 1 is 1.33 bits per heavy atom. The molecule has 1 saturated heterocycles. The summed E-state index contributed by atoms with van der Waals surface area (Å²) in [5, 5.41) is 19.4. The fourth-order valence-electron chi connectivity index (χ4n) is 4.04. The summed E-state index contributed by atoms with van der Waals surface area (Å²) in [6.07, 6.45) is 0.348. The molecule has 0 aromatic rings. The van der Waals surface area contributed by atoms with E-state index < -0.39 is 23.1 Å². The van der Waals surface area contributed by atoms with E-state index in [0.29, 0.717) is 19.3 Å². The molecule has 3 atom stereocenters. The molecule has 1 amide bonds. The predicted molar refractivity (Wildman–Crippen MR) is 67.4 cm³/mol. The Bertz CT molecular complexity index is 374. The lowest BCUT2D eigenvalue weighted by atomic mass is 9.85. The van der Waals surface area contributed by atoms with Gasteiger partial charge in [-0.05, 0) is 27.7 Å². The number of hydrogen-bond acceptors (Lipinski definition) is 2. The van der Waals surface area contributed by atoms with Gasteiger partial charge in [-0.2, -0.15) is 4.79 Å². The number of amides is 1. The molecule has 0 radical (unpaired) electrons. The molecule has 1 rings (SSSR count). The highest BCUT2D eigenvalue weighted by molar-refractivity contribution is 5.80. The molecule has 2 unspecified atom stereocenters. The summed E-state index contributed by atoms with van der Waals surface area (Å²) in [4.78, 5) is 23.8. The van der Waals surface area contributed by atoms with Crippen molar-refractivity contribution < 1.29 is 24.3 Å². The minimum atomic E-state index is -1.22. The van der Waals surface area contributed by atoms with Gasteiger partial charge in [0.2, 0.25) is 5.54 Å². The summed E-state index contributed by atoms with van der Waals surface area (Å²) in [5.74, 6) is -0.994. The van der Waals surface area contributed by atoms with Crippen LogP contribution in [-0.2, 0) is 4.79 Å². The first-order valence-electron chi connectivity index (χ1n) is 6.43. The van der Waals surface area contributed by atoms with E-state index in [4.69, 9.17) is 0 Å². The van der Waals surface area contributed by atoms with Gasteiger partial charge in [-0.1, -0.05) is 6.92 Å². The fraction of sp³-hybridized carbons (Fsp3) is 0.846. The van der Waals surface area contributed by atoms with Crippen LogP contribution in [-0.4, -0.2) is 43.9 Å². The molecule has 1 heterocycles. The lowest BCUT2D eigenvalue weighted by Gasteiger charge is -2.52. The Morgan fingerprint density at radius 2 is 1.83 bits per heavy atom. The quantitative estimate of drug-likeness (QED) is 0.747. The third-order valence-corrected chi connectivity index (χ3v) is 4.65. The zero-order valence-corrected chi connectivity index (χ0v) is 11.9. The summed E-state index contributed by atoms with van der Waals surface area (Å²) in [6, 6.07) is -0.196. The average Bonchev–Trinajstić information content (AvgIpc) is 2.52. The SMILES string of the molecule is CC[C@@]1(C(=O)O)CCC(C)[N+]1(C(=O)O)C(C)(C)C. The summed E-state index contributed by atoms with van der Waals surface area (Å²) in [6.45, 7) is 9.07. The van der Waals surface area contributed by atoms with Crippen molar-refractivity contribution >= 4 is 12.1 Å². The van der Waals surface area contributed by atoms with E-state index in [1.54, 1.807) is 6.92 Å². The van der Waals surface area contributed by atoms with Crippen LogP contribution >= 0.6 is 0 Å². The first-order chi connectivity index (χ1) is 8.08. The Morgan fingerprint density at radius 3 is 2.06 bits per heavy atom. The normalized spacial score (nSPS) is 36.6. The van der Waals surface area contributed by atoms with Crippen LogP contribution in [0, 0.1) is 0 Å².